The van der Waals surface area contributed by atoms with Crippen LogP contribution < -0.4 is 9.62 Å². The number of anilines is 1. The van der Waals surface area contributed by atoms with Crippen LogP contribution in [-0.2, 0) is 23.0 Å². The Kier molecular flexibility index (Phi) is 5.83. The van der Waals surface area contributed by atoms with Gasteiger partial charge in [0.05, 0.1) is 4.90 Å². The van der Waals surface area contributed by atoms with Gasteiger partial charge in [-0.1, -0.05) is 29.8 Å². The van der Waals surface area contributed by atoms with E-state index in [1.807, 2.05) is 18.2 Å². The van der Waals surface area contributed by atoms with Crippen LogP contribution in [0.2, 0.25) is 5.02 Å². The van der Waals surface area contributed by atoms with Crippen LogP contribution in [0.3, 0.4) is 0 Å². The van der Waals surface area contributed by atoms with E-state index in [2.05, 4.69) is 4.72 Å². The number of nitrogens with one attached hydrogen (secondary N) is 1. The molecular formula is C23H20ClFN2O3S. The Labute approximate surface area is 185 Å². The maximum Gasteiger partial charge on any atom is 0.258 e. The van der Waals surface area contributed by atoms with Crippen molar-refractivity contribution in [3.8, 4) is 0 Å². The van der Waals surface area contributed by atoms with Crippen LogP contribution in [0.5, 0.6) is 0 Å². The number of amides is 1. The summed E-state index contributed by atoms with van der Waals surface area (Å²) < 4.78 is 41.3. The third-order valence-corrected chi connectivity index (χ3v) is 7.08. The molecule has 0 spiro atoms. The minimum atomic E-state index is -3.89. The van der Waals surface area contributed by atoms with Gasteiger partial charge in [-0.2, -0.15) is 0 Å². The van der Waals surface area contributed by atoms with Crippen molar-refractivity contribution in [2.75, 3.05) is 11.4 Å². The first-order valence-electron chi connectivity index (χ1n) is 9.70. The van der Waals surface area contributed by atoms with Gasteiger partial charge in [0.2, 0.25) is 10.0 Å². The minimum absolute atomic E-state index is 0.0224. The van der Waals surface area contributed by atoms with Crippen molar-refractivity contribution in [1.82, 2.24) is 4.72 Å². The van der Waals surface area contributed by atoms with Gasteiger partial charge in [0.1, 0.15) is 5.82 Å². The average Bonchev–Trinajstić information content (AvgIpc) is 3.17. The van der Waals surface area contributed by atoms with Crippen LogP contribution in [0.4, 0.5) is 10.1 Å². The molecule has 0 unspecified atom stereocenters. The topological polar surface area (TPSA) is 66.5 Å². The lowest BCUT2D eigenvalue weighted by Gasteiger charge is -2.18. The summed E-state index contributed by atoms with van der Waals surface area (Å²) in [6.07, 6.45) is 0.725. The molecule has 0 fully saturated rings. The monoisotopic (exact) mass is 458 g/mol. The summed E-state index contributed by atoms with van der Waals surface area (Å²) in [4.78, 5) is 14.5. The number of halogens is 2. The molecule has 8 heteroatoms. The zero-order valence-corrected chi connectivity index (χ0v) is 18.3. The number of sulfonamides is 1. The largest absolute Gasteiger partial charge is 0.308 e. The molecule has 0 aliphatic carbocycles. The molecule has 1 aliphatic rings. The van der Waals surface area contributed by atoms with Crippen molar-refractivity contribution >= 4 is 33.2 Å². The fourth-order valence-electron chi connectivity index (χ4n) is 3.61. The van der Waals surface area contributed by atoms with Gasteiger partial charge in [0.15, 0.2) is 0 Å². The SMILES string of the molecule is Cc1ccc(F)cc1S(=O)(=O)NCc1ccc2c(c1)N(C(=O)c1ccc(Cl)cc1)CC2. The van der Waals surface area contributed by atoms with E-state index >= 15 is 0 Å². The van der Waals surface area contributed by atoms with Crippen molar-refractivity contribution in [2.45, 2.75) is 24.8 Å². The van der Waals surface area contributed by atoms with Crippen LogP contribution in [0, 0.1) is 12.7 Å². The van der Waals surface area contributed by atoms with Gasteiger partial charge >= 0.3 is 0 Å². The highest BCUT2D eigenvalue weighted by molar-refractivity contribution is 7.89. The Balaban J connectivity index is 1.54. The Bertz CT molecular complexity index is 1260. The molecule has 0 radical (unpaired) electrons. The zero-order chi connectivity index (χ0) is 22.2. The fraction of sp³-hybridized carbons (Fsp3) is 0.174. The lowest BCUT2D eigenvalue weighted by atomic mass is 10.1. The summed E-state index contributed by atoms with van der Waals surface area (Å²) in [5, 5.41) is 0.557. The van der Waals surface area contributed by atoms with Gasteiger partial charge < -0.3 is 4.90 Å². The number of carbonyl (C=O) groups excluding carboxylic acids is 1. The Morgan fingerprint density at radius 1 is 1.10 bits per heavy atom. The molecule has 1 amide bonds. The standard InChI is InChI=1S/C23H20ClFN2O3S/c1-15-2-9-20(25)13-22(15)31(29,30)26-14-16-3-4-17-10-11-27(21(17)12-16)23(28)18-5-7-19(24)8-6-18/h2-9,12-13,26H,10-11,14H2,1H3. The maximum atomic E-state index is 13.5. The Morgan fingerprint density at radius 3 is 2.58 bits per heavy atom. The highest BCUT2D eigenvalue weighted by Gasteiger charge is 2.26. The molecule has 1 aliphatic heterocycles. The summed E-state index contributed by atoms with van der Waals surface area (Å²) in [5.41, 5.74) is 3.48. The molecule has 5 nitrogen and oxygen atoms in total. The van der Waals surface area contributed by atoms with Gasteiger partial charge in [0.25, 0.3) is 5.91 Å². The summed E-state index contributed by atoms with van der Waals surface area (Å²) in [7, 11) is -3.89. The van der Waals surface area contributed by atoms with Crippen molar-refractivity contribution in [3.05, 3.63) is 93.8 Å². The van der Waals surface area contributed by atoms with Gasteiger partial charge in [-0.05, 0) is 72.5 Å². The van der Waals surface area contributed by atoms with Crippen LogP contribution in [-0.4, -0.2) is 20.9 Å². The second-order valence-corrected chi connectivity index (χ2v) is 9.58. The van der Waals surface area contributed by atoms with E-state index in [1.54, 1.807) is 36.1 Å². The number of rotatable bonds is 5. The predicted molar refractivity (Wildman–Crippen MR) is 118 cm³/mol. The Morgan fingerprint density at radius 2 is 1.84 bits per heavy atom. The predicted octanol–water partition coefficient (Wildman–Crippen LogP) is 4.47. The van der Waals surface area contributed by atoms with Crippen LogP contribution in [0.1, 0.15) is 27.0 Å². The number of hydrogen-bond donors (Lipinski definition) is 1. The van der Waals surface area contributed by atoms with E-state index in [0.717, 1.165) is 23.7 Å². The zero-order valence-electron chi connectivity index (χ0n) is 16.7. The lowest BCUT2D eigenvalue weighted by molar-refractivity contribution is 0.0989. The van der Waals surface area contributed by atoms with E-state index in [0.29, 0.717) is 28.3 Å². The molecule has 3 aromatic carbocycles. The van der Waals surface area contributed by atoms with Crippen LogP contribution >= 0.6 is 11.6 Å². The van der Waals surface area contributed by atoms with E-state index < -0.39 is 15.8 Å². The van der Waals surface area contributed by atoms with Gasteiger partial charge in [-0.15, -0.1) is 0 Å². The van der Waals surface area contributed by atoms with Gasteiger partial charge in [-0.3, -0.25) is 4.79 Å². The lowest BCUT2D eigenvalue weighted by Crippen LogP contribution is -2.29. The first-order valence-corrected chi connectivity index (χ1v) is 11.6. The minimum Gasteiger partial charge on any atom is -0.308 e. The number of fused-ring (bicyclic) bond motifs is 1. The molecule has 0 bridgehead atoms. The van der Waals surface area contributed by atoms with Crippen molar-refractivity contribution in [2.24, 2.45) is 0 Å². The molecule has 0 atom stereocenters. The quantitative estimate of drug-likeness (QED) is 0.613. The maximum absolute atomic E-state index is 13.5. The van der Waals surface area contributed by atoms with Crippen molar-refractivity contribution in [3.63, 3.8) is 0 Å². The molecule has 1 N–H and O–H groups in total. The fourth-order valence-corrected chi connectivity index (χ4v) is 5.01. The first-order chi connectivity index (χ1) is 14.7. The Hall–Kier alpha value is -2.74. The van der Waals surface area contributed by atoms with E-state index in [-0.39, 0.29) is 17.3 Å². The van der Waals surface area contributed by atoms with E-state index in [4.69, 9.17) is 11.6 Å². The third kappa shape index (κ3) is 4.49. The normalized spacial score (nSPS) is 13.3. The number of nitrogens with zero attached hydrogens (tertiary/aromatic N) is 1. The van der Waals surface area contributed by atoms with E-state index in [9.17, 15) is 17.6 Å². The molecule has 0 saturated carbocycles. The van der Waals surface area contributed by atoms with Crippen molar-refractivity contribution in [1.29, 1.82) is 0 Å². The molecule has 4 rings (SSSR count). The highest BCUT2D eigenvalue weighted by atomic mass is 35.5. The van der Waals surface area contributed by atoms with Gasteiger partial charge in [0, 0.05) is 29.4 Å². The molecule has 3 aromatic rings. The van der Waals surface area contributed by atoms with E-state index in [1.165, 1.54) is 12.1 Å². The average molecular weight is 459 g/mol. The summed E-state index contributed by atoms with van der Waals surface area (Å²) in [5.74, 6) is -0.747. The number of hydrogen-bond acceptors (Lipinski definition) is 3. The second-order valence-electron chi connectivity index (χ2n) is 7.41. The smallest absolute Gasteiger partial charge is 0.258 e. The molecule has 160 valence electrons. The number of aryl methyl sites for hydroxylation is 1. The number of carbonyl (C=O) groups is 1. The first kappa shape index (κ1) is 21.5. The summed E-state index contributed by atoms with van der Waals surface area (Å²) in [6.45, 7) is 2.19. The molecule has 0 saturated heterocycles. The second kappa shape index (κ2) is 8.42. The molecule has 1 heterocycles. The summed E-state index contributed by atoms with van der Waals surface area (Å²) in [6, 6.07) is 15.9. The third-order valence-electron chi connectivity index (χ3n) is 5.29. The van der Waals surface area contributed by atoms with Crippen molar-refractivity contribution < 1.29 is 17.6 Å². The number of benzene rings is 3. The molecule has 31 heavy (non-hydrogen) atoms. The highest BCUT2D eigenvalue weighted by Crippen LogP contribution is 2.31. The molecule has 0 aromatic heterocycles. The molecular weight excluding hydrogens is 439 g/mol. The summed E-state index contributed by atoms with van der Waals surface area (Å²) >= 11 is 5.91. The van der Waals surface area contributed by atoms with Gasteiger partial charge in [-0.25, -0.2) is 17.5 Å². The van der Waals surface area contributed by atoms with Crippen LogP contribution in [0.25, 0.3) is 0 Å². The van der Waals surface area contributed by atoms with Crippen LogP contribution in [0.15, 0.2) is 65.6 Å².